The summed E-state index contributed by atoms with van der Waals surface area (Å²) in [7, 11) is 4.53. The van der Waals surface area contributed by atoms with Crippen LogP contribution in [0.3, 0.4) is 0 Å². The fraction of sp³-hybridized carbons (Fsp3) is 0.167. The maximum Gasteiger partial charge on any atom is 0.363 e. The Labute approximate surface area is 154 Å². The number of pyridine rings is 1. The summed E-state index contributed by atoms with van der Waals surface area (Å²) in [5.74, 6) is 0.822. The molecule has 2 aromatic rings. The Morgan fingerprint density at radius 2 is 1.85 bits per heavy atom. The van der Waals surface area contributed by atoms with Gasteiger partial charge in [-0.05, 0) is 30.3 Å². The Hall–Kier alpha value is -3.06. The Morgan fingerprint density at radius 3 is 2.50 bits per heavy atom. The quantitative estimate of drug-likeness (QED) is 0.591. The Morgan fingerprint density at radius 1 is 1.08 bits per heavy atom. The number of aromatic nitrogens is 1. The molecule has 0 unspecified atom stereocenters. The van der Waals surface area contributed by atoms with Crippen LogP contribution in [-0.4, -0.2) is 38.2 Å². The van der Waals surface area contributed by atoms with E-state index in [0.29, 0.717) is 33.5 Å². The zero-order chi connectivity index (χ0) is 18.7. The average Bonchev–Trinajstić information content (AvgIpc) is 3.01. The number of halogens is 1. The number of hydrogen-bond donors (Lipinski definition) is 0. The number of esters is 1. The molecule has 0 radical (unpaired) electrons. The number of benzene rings is 1. The molecule has 0 N–H and O–H groups in total. The molecule has 7 nitrogen and oxygen atoms in total. The first-order valence-corrected chi connectivity index (χ1v) is 7.88. The fourth-order valence-electron chi connectivity index (χ4n) is 2.43. The third-order valence-electron chi connectivity index (χ3n) is 3.59. The largest absolute Gasteiger partial charge is 0.493 e. The highest BCUT2D eigenvalue weighted by atomic mass is 35.5. The van der Waals surface area contributed by atoms with Crippen molar-refractivity contribution in [3.8, 4) is 17.2 Å². The smallest absolute Gasteiger partial charge is 0.363 e. The van der Waals surface area contributed by atoms with E-state index in [1.807, 2.05) is 0 Å². The molecule has 134 valence electrons. The van der Waals surface area contributed by atoms with E-state index < -0.39 is 5.97 Å². The minimum absolute atomic E-state index is 0.0863. The second-order valence-electron chi connectivity index (χ2n) is 5.12. The molecule has 0 saturated carbocycles. The minimum Gasteiger partial charge on any atom is -0.493 e. The zero-order valence-electron chi connectivity index (χ0n) is 14.3. The summed E-state index contributed by atoms with van der Waals surface area (Å²) < 4.78 is 21.2. The molecule has 0 atom stereocenters. The van der Waals surface area contributed by atoms with Crippen LogP contribution in [0.5, 0.6) is 17.2 Å². The molecule has 2 heterocycles. The van der Waals surface area contributed by atoms with Gasteiger partial charge in [-0.1, -0.05) is 11.6 Å². The molecule has 3 rings (SSSR count). The van der Waals surface area contributed by atoms with E-state index in [1.165, 1.54) is 27.5 Å². The van der Waals surface area contributed by atoms with E-state index in [-0.39, 0.29) is 11.6 Å². The molecule has 26 heavy (non-hydrogen) atoms. The second kappa shape index (κ2) is 7.45. The lowest BCUT2D eigenvalue weighted by Crippen LogP contribution is -2.07. The van der Waals surface area contributed by atoms with E-state index in [0.717, 1.165) is 0 Å². The first kappa shape index (κ1) is 17.8. The van der Waals surface area contributed by atoms with E-state index in [4.69, 9.17) is 30.5 Å². The van der Waals surface area contributed by atoms with Crippen molar-refractivity contribution in [2.45, 2.75) is 0 Å². The van der Waals surface area contributed by atoms with Gasteiger partial charge in [0.1, 0.15) is 5.69 Å². The topological polar surface area (TPSA) is 79.2 Å². The molecule has 0 aliphatic carbocycles. The van der Waals surface area contributed by atoms with Crippen molar-refractivity contribution in [2.75, 3.05) is 21.3 Å². The summed E-state index contributed by atoms with van der Waals surface area (Å²) in [4.78, 5) is 20.5. The number of methoxy groups -OCH3 is 3. The van der Waals surface area contributed by atoms with Crippen LogP contribution in [0.4, 0.5) is 0 Å². The van der Waals surface area contributed by atoms with Crippen molar-refractivity contribution < 1.29 is 23.7 Å². The number of ether oxygens (including phenoxy) is 4. The van der Waals surface area contributed by atoms with Crippen LogP contribution in [0.1, 0.15) is 11.3 Å². The Balaban J connectivity index is 2.03. The summed E-state index contributed by atoms with van der Waals surface area (Å²) in [5.41, 5.74) is 1.06. The summed E-state index contributed by atoms with van der Waals surface area (Å²) in [6, 6.07) is 6.62. The highest BCUT2D eigenvalue weighted by molar-refractivity contribution is 6.31. The van der Waals surface area contributed by atoms with Gasteiger partial charge in [0, 0.05) is 16.8 Å². The SMILES string of the molecule is COc1ccc(/C=C2\N=C(c3cc(Cl)ccn3)OC2=O)c(OC)c1OC. The molecule has 1 aromatic carbocycles. The number of carbonyl (C=O) groups is 1. The van der Waals surface area contributed by atoms with Crippen molar-refractivity contribution in [3.63, 3.8) is 0 Å². The maximum absolute atomic E-state index is 12.2. The Bertz CT molecular complexity index is 924. The van der Waals surface area contributed by atoms with E-state index >= 15 is 0 Å². The van der Waals surface area contributed by atoms with Crippen molar-refractivity contribution in [1.82, 2.24) is 4.98 Å². The fourth-order valence-corrected chi connectivity index (χ4v) is 2.59. The molecule has 0 amide bonds. The Kier molecular flexibility index (Phi) is 5.09. The molecular weight excluding hydrogens is 360 g/mol. The van der Waals surface area contributed by atoms with Crippen molar-refractivity contribution in [2.24, 2.45) is 4.99 Å². The zero-order valence-corrected chi connectivity index (χ0v) is 15.0. The normalized spacial score (nSPS) is 14.8. The lowest BCUT2D eigenvalue weighted by atomic mass is 10.1. The standard InChI is InChI=1S/C18H15ClN2O5/c1-23-14-5-4-10(15(24-2)16(14)25-3)8-13-18(22)26-17(21-13)12-9-11(19)6-7-20-12/h4-9H,1-3H3/b13-8-. The van der Waals surface area contributed by atoms with Crippen LogP contribution in [0.25, 0.3) is 6.08 Å². The second-order valence-corrected chi connectivity index (χ2v) is 5.56. The minimum atomic E-state index is -0.599. The molecule has 8 heteroatoms. The summed E-state index contributed by atoms with van der Waals surface area (Å²) in [6.07, 6.45) is 3.05. The van der Waals surface area contributed by atoms with Gasteiger partial charge in [0.25, 0.3) is 0 Å². The van der Waals surface area contributed by atoms with Gasteiger partial charge >= 0.3 is 5.97 Å². The number of rotatable bonds is 5. The number of cyclic esters (lactones) is 1. The van der Waals surface area contributed by atoms with Crippen LogP contribution in [0.15, 0.2) is 41.2 Å². The number of hydrogen-bond acceptors (Lipinski definition) is 7. The first-order chi connectivity index (χ1) is 12.6. The van der Waals surface area contributed by atoms with Crippen molar-refractivity contribution in [1.29, 1.82) is 0 Å². The lowest BCUT2D eigenvalue weighted by molar-refractivity contribution is -0.129. The van der Waals surface area contributed by atoms with Gasteiger partial charge in [-0.3, -0.25) is 4.98 Å². The van der Waals surface area contributed by atoms with Gasteiger partial charge in [-0.2, -0.15) is 0 Å². The third-order valence-corrected chi connectivity index (χ3v) is 3.82. The van der Waals surface area contributed by atoms with Gasteiger partial charge in [-0.15, -0.1) is 0 Å². The summed E-state index contributed by atoms with van der Waals surface area (Å²) in [6.45, 7) is 0. The molecular formula is C18H15ClN2O5. The van der Waals surface area contributed by atoms with Gasteiger partial charge < -0.3 is 18.9 Å². The van der Waals surface area contributed by atoms with Crippen LogP contribution < -0.4 is 14.2 Å². The van der Waals surface area contributed by atoms with E-state index in [1.54, 1.807) is 30.3 Å². The van der Waals surface area contributed by atoms with Gasteiger partial charge in [0.05, 0.1) is 21.3 Å². The van der Waals surface area contributed by atoms with Crippen molar-refractivity contribution in [3.05, 3.63) is 52.4 Å². The lowest BCUT2D eigenvalue weighted by Gasteiger charge is -2.14. The molecule has 0 fully saturated rings. The van der Waals surface area contributed by atoms with Crippen LogP contribution in [0.2, 0.25) is 5.02 Å². The molecule has 1 aromatic heterocycles. The summed E-state index contributed by atoms with van der Waals surface area (Å²) in [5, 5.41) is 0.465. The monoisotopic (exact) mass is 374 g/mol. The van der Waals surface area contributed by atoms with Crippen LogP contribution in [0, 0.1) is 0 Å². The molecule has 1 aliphatic heterocycles. The highest BCUT2D eigenvalue weighted by Crippen LogP contribution is 2.40. The number of nitrogens with zero attached hydrogens (tertiary/aromatic N) is 2. The first-order valence-electron chi connectivity index (χ1n) is 7.50. The van der Waals surface area contributed by atoms with E-state index in [9.17, 15) is 4.79 Å². The summed E-state index contributed by atoms with van der Waals surface area (Å²) >= 11 is 5.93. The highest BCUT2D eigenvalue weighted by Gasteiger charge is 2.26. The number of aliphatic imine (C=N–C) groups is 1. The van der Waals surface area contributed by atoms with Gasteiger partial charge in [0.15, 0.2) is 17.2 Å². The molecule has 0 saturated heterocycles. The average molecular weight is 375 g/mol. The molecule has 0 bridgehead atoms. The van der Waals surface area contributed by atoms with Gasteiger partial charge in [-0.25, -0.2) is 9.79 Å². The third kappa shape index (κ3) is 3.34. The van der Waals surface area contributed by atoms with Crippen LogP contribution >= 0.6 is 11.6 Å². The predicted molar refractivity (Wildman–Crippen MR) is 96.0 cm³/mol. The maximum atomic E-state index is 12.2. The number of carbonyl (C=O) groups excluding carboxylic acids is 1. The van der Waals surface area contributed by atoms with Crippen LogP contribution in [-0.2, 0) is 9.53 Å². The predicted octanol–water partition coefficient (Wildman–Crippen LogP) is 3.11. The molecule has 0 spiro atoms. The van der Waals surface area contributed by atoms with Crippen molar-refractivity contribution >= 4 is 29.5 Å². The molecule has 1 aliphatic rings. The van der Waals surface area contributed by atoms with E-state index in [2.05, 4.69) is 9.98 Å². The van der Waals surface area contributed by atoms with Gasteiger partial charge in [0.2, 0.25) is 11.6 Å².